The van der Waals surface area contributed by atoms with Crippen LogP contribution in [0.1, 0.15) is 12.2 Å². The quantitative estimate of drug-likeness (QED) is 0.456. The van der Waals surface area contributed by atoms with Crippen LogP contribution in [0.5, 0.6) is 0 Å². The summed E-state index contributed by atoms with van der Waals surface area (Å²) in [5, 5.41) is 14.2. The normalized spacial score (nSPS) is 9.60. The first kappa shape index (κ1) is 10.8. The molecule has 1 aromatic heterocycles. The first-order chi connectivity index (χ1) is 7.07. The summed E-state index contributed by atoms with van der Waals surface area (Å²) in [6.07, 6.45) is 0.169. The lowest BCUT2D eigenvalue weighted by Gasteiger charge is -1.99. The fraction of sp³-hybridized carbons (Fsp3) is 0.429. The third kappa shape index (κ3) is 2.14. The van der Waals surface area contributed by atoms with E-state index in [9.17, 15) is 9.59 Å². The molecule has 0 bridgehead atoms. The number of rotatable bonds is 2. The first-order valence-corrected chi connectivity index (χ1v) is 4.17. The predicted octanol–water partition coefficient (Wildman–Crippen LogP) is -1.46. The summed E-state index contributed by atoms with van der Waals surface area (Å²) < 4.78 is 1.39. The molecule has 0 atom stereocenters. The number of hydrogen-bond donors (Lipinski definition) is 2. The largest absolute Gasteiger partial charge is 0.373 e. The average molecular weight is 210 g/mol. The fourth-order valence-corrected chi connectivity index (χ4v) is 0.909. The van der Waals surface area contributed by atoms with Gasteiger partial charge in [-0.2, -0.15) is 9.94 Å². The summed E-state index contributed by atoms with van der Waals surface area (Å²) in [5.41, 5.74) is -0.720. The number of hydrogen-bond acceptors (Lipinski definition) is 5. The van der Waals surface area contributed by atoms with E-state index in [1.807, 2.05) is 6.07 Å². The highest BCUT2D eigenvalue weighted by Gasteiger charge is 2.13. The molecule has 8 heteroatoms. The SMILES string of the molecule is Cc1nn(C(=O)NCCC#N)c(=O)n1N. The summed E-state index contributed by atoms with van der Waals surface area (Å²) in [4.78, 5) is 22.6. The van der Waals surface area contributed by atoms with Crippen LogP contribution >= 0.6 is 0 Å². The van der Waals surface area contributed by atoms with Crippen molar-refractivity contribution in [1.29, 1.82) is 5.26 Å². The molecule has 0 spiro atoms. The lowest BCUT2D eigenvalue weighted by molar-refractivity contribution is 0.238. The molecule has 0 aliphatic rings. The van der Waals surface area contributed by atoms with E-state index in [-0.39, 0.29) is 18.8 Å². The van der Waals surface area contributed by atoms with Crippen LogP contribution in [0.25, 0.3) is 0 Å². The van der Waals surface area contributed by atoms with Gasteiger partial charge in [-0.3, -0.25) is 0 Å². The number of nitriles is 1. The summed E-state index contributed by atoms with van der Waals surface area (Å²) in [5.74, 6) is 5.52. The number of aryl methyl sites for hydroxylation is 1. The van der Waals surface area contributed by atoms with Crippen LogP contribution in [0.4, 0.5) is 4.79 Å². The third-order valence-corrected chi connectivity index (χ3v) is 1.69. The maximum Gasteiger partial charge on any atom is 0.373 e. The minimum Gasteiger partial charge on any atom is -0.335 e. The topological polar surface area (TPSA) is 119 Å². The predicted molar refractivity (Wildman–Crippen MR) is 50.4 cm³/mol. The van der Waals surface area contributed by atoms with Crippen molar-refractivity contribution in [3.63, 3.8) is 0 Å². The van der Waals surface area contributed by atoms with Crippen LogP contribution in [-0.4, -0.2) is 27.0 Å². The van der Waals surface area contributed by atoms with Crippen molar-refractivity contribution < 1.29 is 4.79 Å². The van der Waals surface area contributed by atoms with Gasteiger partial charge in [0.15, 0.2) is 5.82 Å². The van der Waals surface area contributed by atoms with E-state index < -0.39 is 11.7 Å². The molecule has 0 saturated carbocycles. The molecule has 80 valence electrons. The van der Waals surface area contributed by atoms with Crippen molar-refractivity contribution in [3.05, 3.63) is 16.3 Å². The van der Waals surface area contributed by atoms with E-state index in [2.05, 4.69) is 10.4 Å². The Kier molecular flexibility index (Phi) is 3.07. The molecule has 1 rings (SSSR count). The Balaban J connectivity index is 2.80. The Labute approximate surface area is 84.9 Å². The zero-order valence-corrected chi connectivity index (χ0v) is 8.10. The molecule has 1 aromatic rings. The second-order valence-electron chi connectivity index (χ2n) is 2.75. The third-order valence-electron chi connectivity index (χ3n) is 1.69. The van der Waals surface area contributed by atoms with Crippen molar-refractivity contribution in [2.75, 3.05) is 12.4 Å². The number of nitrogen functional groups attached to an aromatic ring is 1. The van der Waals surface area contributed by atoms with Crippen molar-refractivity contribution in [2.45, 2.75) is 13.3 Å². The van der Waals surface area contributed by atoms with Crippen LogP contribution < -0.4 is 16.8 Å². The number of nitrogens with two attached hydrogens (primary N) is 1. The zero-order valence-electron chi connectivity index (χ0n) is 8.10. The van der Waals surface area contributed by atoms with E-state index in [0.717, 1.165) is 4.68 Å². The highest BCUT2D eigenvalue weighted by molar-refractivity contribution is 5.75. The van der Waals surface area contributed by atoms with Gasteiger partial charge in [0.25, 0.3) is 0 Å². The van der Waals surface area contributed by atoms with Gasteiger partial charge in [-0.1, -0.05) is 0 Å². The summed E-state index contributed by atoms with van der Waals surface area (Å²) in [6.45, 7) is 1.67. The van der Waals surface area contributed by atoms with Gasteiger partial charge >= 0.3 is 11.7 Å². The number of aromatic nitrogens is 3. The van der Waals surface area contributed by atoms with Gasteiger partial charge in [0.1, 0.15) is 0 Å². The Hall–Kier alpha value is -2.30. The highest BCUT2D eigenvalue weighted by atomic mass is 16.2. The van der Waals surface area contributed by atoms with E-state index in [0.29, 0.717) is 4.68 Å². The van der Waals surface area contributed by atoms with Crippen LogP contribution in [0.15, 0.2) is 4.79 Å². The van der Waals surface area contributed by atoms with Gasteiger partial charge in [-0.15, -0.1) is 9.78 Å². The van der Waals surface area contributed by atoms with Gasteiger partial charge < -0.3 is 11.2 Å². The van der Waals surface area contributed by atoms with Crippen molar-refractivity contribution in [3.8, 4) is 6.07 Å². The molecule has 0 unspecified atom stereocenters. The number of carbonyl (C=O) groups is 1. The van der Waals surface area contributed by atoms with Crippen LogP contribution in [-0.2, 0) is 0 Å². The second kappa shape index (κ2) is 4.28. The molecule has 0 fully saturated rings. The molecular formula is C7H10N6O2. The molecule has 0 aromatic carbocycles. The molecule has 1 amide bonds. The van der Waals surface area contributed by atoms with Gasteiger partial charge in [-0.05, 0) is 6.92 Å². The molecule has 0 radical (unpaired) electrons. The lowest BCUT2D eigenvalue weighted by atomic mass is 10.5. The lowest BCUT2D eigenvalue weighted by Crippen LogP contribution is -2.39. The number of carbonyl (C=O) groups excluding carboxylic acids is 1. The Bertz CT molecular complexity index is 465. The van der Waals surface area contributed by atoms with Gasteiger partial charge in [0, 0.05) is 6.54 Å². The molecule has 15 heavy (non-hydrogen) atoms. The van der Waals surface area contributed by atoms with E-state index in [1.54, 1.807) is 0 Å². The Morgan fingerprint density at radius 3 is 2.87 bits per heavy atom. The minimum absolute atomic E-state index is 0.165. The first-order valence-electron chi connectivity index (χ1n) is 4.17. The smallest absolute Gasteiger partial charge is 0.335 e. The standard InChI is InChI=1S/C7H10N6O2/c1-5-11-13(7(15)12(5)9)6(14)10-4-2-3-8/h2,4,9H2,1H3,(H,10,14). The number of nitrogens with one attached hydrogen (secondary N) is 1. The Morgan fingerprint density at radius 2 is 2.40 bits per heavy atom. The fourth-order valence-electron chi connectivity index (χ4n) is 0.909. The van der Waals surface area contributed by atoms with Crippen molar-refractivity contribution in [2.24, 2.45) is 0 Å². The molecule has 1 heterocycles. The molecule has 3 N–H and O–H groups in total. The van der Waals surface area contributed by atoms with Crippen molar-refractivity contribution >= 4 is 6.03 Å². The van der Waals surface area contributed by atoms with Gasteiger partial charge in [-0.25, -0.2) is 9.59 Å². The van der Waals surface area contributed by atoms with E-state index >= 15 is 0 Å². The Morgan fingerprint density at radius 1 is 1.73 bits per heavy atom. The summed E-state index contributed by atoms with van der Waals surface area (Å²) >= 11 is 0. The molecule has 0 saturated heterocycles. The molecule has 8 nitrogen and oxygen atoms in total. The molecule has 0 aliphatic heterocycles. The van der Waals surface area contributed by atoms with Crippen molar-refractivity contribution in [1.82, 2.24) is 19.8 Å². The van der Waals surface area contributed by atoms with Crippen LogP contribution in [0.3, 0.4) is 0 Å². The monoisotopic (exact) mass is 210 g/mol. The highest BCUT2D eigenvalue weighted by Crippen LogP contribution is 1.83. The summed E-state index contributed by atoms with van der Waals surface area (Å²) in [6, 6.07) is 1.16. The van der Waals surface area contributed by atoms with E-state index in [4.69, 9.17) is 11.1 Å². The van der Waals surface area contributed by atoms with Gasteiger partial charge in [0.05, 0.1) is 12.5 Å². The molecular weight excluding hydrogens is 200 g/mol. The number of amides is 1. The van der Waals surface area contributed by atoms with Crippen LogP contribution in [0, 0.1) is 18.3 Å². The molecule has 0 aliphatic carbocycles. The van der Waals surface area contributed by atoms with E-state index in [1.165, 1.54) is 6.92 Å². The second-order valence-corrected chi connectivity index (χ2v) is 2.75. The minimum atomic E-state index is -0.720. The maximum atomic E-state index is 11.3. The summed E-state index contributed by atoms with van der Waals surface area (Å²) in [7, 11) is 0. The maximum absolute atomic E-state index is 11.3. The average Bonchev–Trinajstić information content (AvgIpc) is 2.46. The zero-order chi connectivity index (χ0) is 11.4. The van der Waals surface area contributed by atoms with Gasteiger partial charge in [0.2, 0.25) is 0 Å². The van der Waals surface area contributed by atoms with Crippen LogP contribution in [0.2, 0.25) is 0 Å². The number of nitrogens with zero attached hydrogens (tertiary/aromatic N) is 4.